The van der Waals surface area contributed by atoms with E-state index in [2.05, 4.69) is 0 Å². The fourth-order valence-corrected chi connectivity index (χ4v) is 1.66. The summed E-state index contributed by atoms with van der Waals surface area (Å²) < 4.78 is 10.6. The number of furan rings is 1. The Kier molecular flexibility index (Phi) is 4.52. The van der Waals surface area contributed by atoms with Gasteiger partial charge >= 0.3 is 0 Å². The maximum absolute atomic E-state index is 10.1. The normalized spacial score (nSPS) is 12.6. The molecule has 0 saturated carbocycles. The molecule has 0 aliphatic rings. The summed E-state index contributed by atoms with van der Waals surface area (Å²) in [6.07, 6.45) is -0.766. The van der Waals surface area contributed by atoms with E-state index in [-0.39, 0.29) is 13.2 Å². The Bertz CT molecular complexity index is 464. The monoisotopic (exact) mass is 248 g/mol. The van der Waals surface area contributed by atoms with Crippen LogP contribution in [-0.4, -0.2) is 23.4 Å². The Hall–Kier alpha value is -1.62. The number of aliphatic hydroxyl groups is 2. The van der Waals surface area contributed by atoms with Crippen LogP contribution in [0.1, 0.15) is 23.2 Å². The van der Waals surface area contributed by atoms with Crippen molar-refractivity contribution < 1.29 is 19.4 Å². The van der Waals surface area contributed by atoms with Crippen LogP contribution < -0.4 is 0 Å². The molecule has 2 rings (SSSR count). The molecule has 0 saturated heterocycles. The van der Waals surface area contributed by atoms with Gasteiger partial charge in [0, 0.05) is 0 Å². The molecule has 4 heteroatoms. The summed E-state index contributed by atoms with van der Waals surface area (Å²) in [4.78, 5) is 0. The average Bonchev–Trinajstić information content (AvgIpc) is 2.88. The van der Waals surface area contributed by atoms with Gasteiger partial charge in [-0.15, -0.1) is 0 Å². The van der Waals surface area contributed by atoms with Gasteiger partial charge in [0.1, 0.15) is 24.2 Å². The van der Waals surface area contributed by atoms with Crippen LogP contribution in [0.25, 0.3) is 0 Å². The van der Waals surface area contributed by atoms with Crippen LogP contribution in [0.3, 0.4) is 0 Å². The van der Waals surface area contributed by atoms with Crippen LogP contribution in [0.5, 0.6) is 0 Å². The highest BCUT2D eigenvalue weighted by atomic mass is 16.5. The maximum atomic E-state index is 10.1. The first-order valence-electron chi connectivity index (χ1n) is 5.81. The highest BCUT2D eigenvalue weighted by Gasteiger charge is 2.14. The van der Waals surface area contributed by atoms with Gasteiger partial charge in [0.05, 0.1) is 13.2 Å². The van der Waals surface area contributed by atoms with E-state index in [4.69, 9.17) is 14.3 Å². The zero-order valence-corrected chi connectivity index (χ0v) is 9.95. The average molecular weight is 248 g/mol. The Morgan fingerprint density at radius 1 is 1.11 bits per heavy atom. The van der Waals surface area contributed by atoms with Crippen LogP contribution in [0.2, 0.25) is 0 Å². The number of ether oxygens (including phenoxy) is 1. The minimum absolute atomic E-state index is 0.0137. The van der Waals surface area contributed by atoms with E-state index < -0.39 is 6.10 Å². The lowest BCUT2D eigenvalue weighted by atomic mass is 10.1. The van der Waals surface area contributed by atoms with E-state index in [9.17, 15) is 5.11 Å². The Morgan fingerprint density at radius 2 is 1.89 bits per heavy atom. The molecular formula is C14H16O4. The van der Waals surface area contributed by atoms with Crippen molar-refractivity contribution in [2.45, 2.75) is 12.7 Å². The van der Waals surface area contributed by atoms with E-state index in [0.29, 0.717) is 18.1 Å². The van der Waals surface area contributed by atoms with Gasteiger partial charge in [0.2, 0.25) is 0 Å². The van der Waals surface area contributed by atoms with Crippen molar-refractivity contribution in [3.05, 3.63) is 59.5 Å². The summed E-state index contributed by atoms with van der Waals surface area (Å²) in [6, 6.07) is 12.8. The first kappa shape index (κ1) is 12.8. The van der Waals surface area contributed by atoms with Crippen molar-refractivity contribution in [1.29, 1.82) is 0 Å². The summed E-state index contributed by atoms with van der Waals surface area (Å²) >= 11 is 0. The van der Waals surface area contributed by atoms with Gasteiger partial charge in [-0.05, 0) is 17.7 Å². The van der Waals surface area contributed by atoms with Crippen LogP contribution in [0, 0.1) is 0 Å². The van der Waals surface area contributed by atoms with Gasteiger partial charge in [-0.2, -0.15) is 0 Å². The molecule has 0 radical (unpaired) electrons. The van der Waals surface area contributed by atoms with Crippen molar-refractivity contribution in [1.82, 2.24) is 0 Å². The third kappa shape index (κ3) is 3.20. The molecule has 1 aromatic heterocycles. The zero-order chi connectivity index (χ0) is 12.8. The predicted octanol–water partition coefficient (Wildman–Crippen LogP) is 1.87. The molecule has 1 aromatic carbocycles. The van der Waals surface area contributed by atoms with Gasteiger partial charge in [0.15, 0.2) is 0 Å². The highest BCUT2D eigenvalue weighted by molar-refractivity contribution is 5.24. The second-order valence-corrected chi connectivity index (χ2v) is 3.89. The molecule has 18 heavy (non-hydrogen) atoms. The largest absolute Gasteiger partial charge is 0.460 e. The van der Waals surface area contributed by atoms with E-state index in [1.807, 2.05) is 30.3 Å². The minimum Gasteiger partial charge on any atom is -0.460 e. The fourth-order valence-electron chi connectivity index (χ4n) is 1.66. The van der Waals surface area contributed by atoms with Gasteiger partial charge in [-0.3, -0.25) is 0 Å². The summed E-state index contributed by atoms with van der Waals surface area (Å²) in [5.74, 6) is 1.12. The lowest BCUT2D eigenvalue weighted by Crippen LogP contribution is -1.99. The summed E-state index contributed by atoms with van der Waals surface area (Å²) in [6.45, 7) is 0.555. The first-order chi connectivity index (χ1) is 8.81. The predicted molar refractivity (Wildman–Crippen MR) is 66.0 cm³/mol. The molecule has 1 heterocycles. The van der Waals surface area contributed by atoms with E-state index in [1.165, 1.54) is 0 Å². The van der Waals surface area contributed by atoms with Crippen LogP contribution in [-0.2, 0) is 11.3 Å². The number of rotatable bonds is 6. The van der Waals surface area contributed by atoms with Crippen LogP contribution >= 0.6 is 0 Å². The molecular weight excluding hydrogens is 232 g/mol. The molecule has 1 unspecified atom stereocenters. The van der Waals surface area contributed by atoms with Gasteiger partial charge < -0.3 is 19.4 Å². The number of benzene rings is 1. The smallest absolute Gasteiger partial charge is 0.137 e. The standard InChI is InChI=1S/C14H16O4/c15-8-9-17-10-12-6-7-13(18-12)14(16)11-4-2-1-3-5-11/h1-7,14-16H,8-10H2. The second kappa shape index (κ2) is 6.35. The number of hydrogen-bond acceptors (Lipinski definition) is 4. The van der Waals surface area contributed by atoms with Crippen molar-refractivity contribution >= 4 is 0 Å². The summed E-state index contributed by atoms with van der Waals surface area (Å²) in [5.41, 5.74) is 0.787. The van der Waals surface area contributed by atoms with Crippen molar-refractivity contribution in [3.8, 4) is 0 Å². The lowest BCUT2D eigenvalue weighted by Gasteiger charge is -2.07. The minimum atomic E-state index is -0.766. The third-order valence-electron chi connectivity index (χ3n) is 2.55. The Balaban J connectivity index is 2.01. The van der Waals surface area contributed by atoms with Gasteiger partial charge in [-0.25, -0.2) is 0 Å². The third-order valence-corrected chi connectivity index (χ3v) is 2.55. The Morgan fingerprint density at radius 3 is 2.61 bits per heavy atom. The molecule has 4 nitrogen and oxygen atoms in total. The molecule has 96 valence electrons. The maximum Gasteiger partial charge on any atom is 0.137 e. The van der Waals surface area contributed by atoms with Gasteiger partial charge in [-0.1, -0.05) is 30.3 Å². The molecule has 0 aliphatic carbocycles. The van der Waals surface area contributed by atoms with Crippen molar-refractivity contribution in [2.24, 2.45) is 0 Å². The molecule has 2 N–H and O–H groups in total. The zero-order valence-electron chi connectivity index (χ0n) is 9.95. The SMILES string of the molecule is OCCOCc1ccc(C(O)c2ccccc2)o1. The van der Waals surface area contributed by atoms with E-state index >= 15 is 0 Å². The topological polar surface area (TPSA) is 62.8 Å². The molecule has 1 atom stereocenters. The number of aliphatic hydroxyl groups excluding tert-OH is 2. The van der Waals surface area contributed by atoms with Crippen molar-refractivity contribution in [3.63, 3.8) is 0 Å². The molecule has 0 bridgehead atoms. The first-order valence-corrected chi connectivity index (χ1v) is 5.81. The van der Waals surface area contributed by atoms with Crippen LogP contribution in [0.4, 0.5) is 0 Å². The van der Waals surface area contributed by atoms with E-state index in [1.54, 1.807) is 12.1 Å². The molecule has 2 aromatic rings. The summed E-state index contributed by atoms with van der Waals surface area (Å²) in [7, 11) is 0. The van der Waals surface area contributed by atoms with E-state index in [0.717, 1.165) is 5.56 Å². The molecule has 0 amide bonds. The van der Waals surface area contributed by atoms with Crippen LogP contribution in [0.15, 0.2) is 46.9 Å². The quantitative estimate of drug-likeness (QED) is 0.766. The summed E-state index contributed by atoms with van der Waals surface area (Å²) in [5, 5.41) is 18.7. The van der Waals surface area contributed by atoms with Gasteiger partial charge in [0.25, 0.3) is 0 Å². The molecule has 0 fully saturated rings. The Labute approximate surface area is 105 Å². The second-order valence-electron chi connectivity index (χ2n) is 3.89. The van der Waals surface area contributed by atoms with Crippen molar-refractivity contribution in [2.75, 3.05) is 13.2 Å². The molecule has 0 spiro atoms. The molecule has 0 aliphatic heterocycles. The number of hydrogen-bond donors (Lipinski definition) is 2. The highest BCUT2D eigenvalue weighted by Crippen LogP contribution is 2.23. The fraction of sp³-hybridized carbons (Fsp3) is 0.286. The lowest BCUT2D eigenvalue weighted by molar-refractivity contribution is 0.0690.